The SMILES string of the molecule is COc1c(-c2cn[nH]c2)ccc2c1C(=O)N(C1CCC(=O)NC1=O)C2=O. The Balaban J connectivity index is 1.79. The first-order valence-corrected chi connectivity index (χ1v) is 7.94. The highest BCUT2D eigenvalue weighted by Crippen LogP contribution is 2.40. The Bertz CT molecular complexity index is 950. The van der Waals surface area contributed by atoms with Gasteiger partial charge in [0.25, 0.3) is 11.8 Å². The maximum absolute atomic E-state index is 13.0. The maximum atomic E-state index is 13.0. The van der Waals surface area contributed by atoms with E-state index in [-0.39, 0.29) is 29.7 Å². The third-order valence-electron chi connectivity index (χ3n) is 4.57. The van der Waals surface area contributed by atoms with E-state index in [1.54, 1.807) is 18.5 Å². The topological polar surface area (TPSA) is 121 Å². The van der Waals surface area contributed by atoms with E-state index >= 15 is 0 Å². The molecule has 1 saturated heterocycles. The molecular weight excluding hydrogens is 340 g/mol. The number of rotatable bonds is 3. The van der Waals surface area contributed by atoms with Crippen LogP contribution in [0, 0.1) is 0 Å². The van der Waals surface area contributed by atoms with E-state index in [1.165, 1.54) is 13.2 Å². The number of carbonyl (C=O) groups is 4. The highest BCUT2D eigenvalue weighted by Gasteiger charge is 2.46. The van der Waals surface area contributed by atoms with Crippen molar-refractivity contribution in [1.29, 1.82) is 0 Å². The molecule has 0 aliphatic carbocycles. The van der Waals surface area contributed by atoms with Crippen LogP contribution in [-0.2, 0) is 9.59 Å². The van der Waals surface area contributed by atoms with Gasteiger partial charge in [0.05, 0.1) is 24.4 Å². The Morgan fingerprint density at radius 3 is 2.58 bits per heavy atom. The molecule has 0 saturated carbocycles. The third-order valence-corrected chi connectivity index (χ3v) is 4.57. The maximum Gasteiger partial charge on any atom is 0.266 e. The Kier molecular flexibility index (Phi) is 3.57. The van der Waals surface area contributed by atoms with Gasteiger partial charge in [-0.15, -0.1) is 0 Å². The van der Waals surface area contributed by atoms with Crippen LogP contribution in [0.3, 0.4) is 0 Å². The number of ether oxygens (including phenoxy) is 1. The van der Waals surface area contributed by atoms with Gasteiger partial charge < -0.3 is 4.74 Å². The van der Waals surface area contributed by atoms with Crippen molar-refractivity contribution in [2.24, 2.45) is 0 Å². The number of benzene rings is 1. The third kappa shape index (κ3) is 2.20. The average Bonchev–Trinajstić information content (AvgIpc) is 3.23. The van der Waals surface area contributed by atoms with E-state index in [0.29, 0.717) is 11.1 Å². The van der Waals surface area contributed by atoms with Gasteiger partial charge in [0, 0.05) is 23.7 Å². The van der Waals surface area contributed by atoms with Crippen molar-refractivity contribution in [3.8, 4) is 16.9 Å². The molecule has 1 aromatic heterocycles. The van der Waals surface area contributed by atoms with Crippen molar-refractivity contribution < 1.29 is 23.9 Å². The zero-order valence-electron chi connectivity index (χ0n) is 13.7. The molecule has 9 nitrogen and oxygen atoms in total. The molecule has 1 atom stereocenters. The summed E-state index contributed by atoms with van der Waals surface area (Å²) in [6.45, 7) is 0. The van der Waals surface area contributed by atoms with Crippen molar-refractivity contribution in [3.63, 3.8) is 0 Å². The molecule has 3 heterocycles. The number of nitrogens with zero attached hydrogens (tertiary/aromatic N) is 2. The van der Waals surface area contributed by atoms with Gasteiger partial charge in [0.1, 0.15) is 11.8 Å². The van der Waals surface area contributed by atoms with Crippen LogP contribution >= 0.6 is 0 Å². The molecule has 1 aromatic carbocycles. The van der Waals surface area contributed by atoms with Crippen LogP contribution in [0.25, 0.3) is 11.1 Å². The van der Waals surface area contributed by atoms with Crippen molar-refractivity contribution >= 4 is 23.6 Å². The number of imide groups is 2. The van der Waals surface area contributed by atoms with E-state index in [1.807, 2.05) is 0 Å². The summed E-state index contributed by atoms with van der Waals surface area (Å²) in [6.07, 6.45) is 3.39. The van der Waals surface area contributed by atoms with Gasteiger partial charge >= 0.3 is 0 Å². The molecule has 1 unspecified atom stereocenters. The van der Waals surface area contributed by atoms with Crippen LogP contribution < -0.4 is 10.1 Å². The average molecular weight is 354 g/mol. The predicted octanol–water partition coefficient (Wildman–Crippen LogP) is 0.486. The molecule has 2 aliphatic rings. The first-order valence-electron chi connectivity index (χ1n) is 7.94. The van der Waals surface area contributed by atoms with Gasteiger partial charge in [-0.1, -0.05) is 0 Å². The second-order valence-electron chi connectivity index (χ2n) is 6.00. The summed E-state index contributed by atoms with van der Waals surface area (Å²) in [6, 6.07) is 2.19. The number of aromatic nitrogens is 2. The minimum atomic E-state index is -1.01. The summed E-state index contributed by atoms with van der Waals surface area (Å²) in [7, 11) is 1.41. The number of hydrogen-bond acceptors (Lipinski definition) is 6. The summed E-state index contributed by atoms with van der Waals surface area (Å²) in [5, 5.41) is 8.73. The number of hydrogen-bond donors (Lipinski definition) is 2. The minimum Gasteiger partial charge on any atom is -0.495 e. The van der Waals surface area contributed by atoms with Crippen LogP contribution in [0.1, 0.15) is 33.6 Å². The number of aromatic amines is 1. The fourth-order valence-electron chi connectivity index (χ4n) is 3.36. The first-order chi connectivity index (χ1) is 12.5. The number of H-pyrrole nitrogens is 1. The highest BCUT2D eigenvalue weighted by molar-refractivity contribution is 6.25. The van der Waals surface area contributed by atoms with Crippen LogP contribution in [0.15, 0.2) is 24.5 Å². The van der Waals surface area contributed by atoms with Gasteiger partial charge in [-0.3, -0.25) is 34.5 Å². The van der Waals surface area contributed by atoms with Crippen LogP contribution in [-0.4, -0.2) is 51.9 Å². The molecule has 9 heteroatoms. The van der Waals surface area contributed by atoms with E-state index in [0.717, 1.165) is 4.90 Å². The minimum absolute atomic E-state index is 0.0707. The number of fused-ring (bicyclic) bond motifs is 1. The number of carbonyl (C=O) groups excluding carboxylic acids is 4. The molecular formula is C17H14N4O5. The number of piperidine rings is 1. The second kappa shape index (κ2) is 5.80. The molecule has 26 heavy (non-hydrogen) atoms. The largest absolute Gasteiger partial charge is 0.495 e. The summed E-state index contributed by atoms with van der Waals surface area (Å²) in [5.74, 6) is -2.00. The van der Waals surface area contributed by atoms with Crippen LogP contribution in [0.5, 0.6) is 5.75 Å². The molecule has 0 spiro atoms. The van der Waals surface area contributed by atoms with E-state index < -0.39 is 29.7 Å². The van der Waals surface area contributed by atoms with Crippen molar-refractivity contribution in [2.45, 2.75) is 18.9 Å². The normalized spacial score (nSPS) is 19.6. The Morgan fingerprint density at radius 1 is 1.15 bits per heavy atom. The molecule has 132 valence electrons. The molecule has 0 radical (unpaired) electrons. The summed E-state index contributed by atoms with van der Waals surface area (Å²) in [5.41, 5.74) is 1.58. The number of amides is 4. The zero-order chi connectivity index (χ0) is 18.4. The van der Waals surface area contributed by atoms with Gasteiger partial charge in [-0.25, -0.2) is 0 Å². The first kappa shape index (κ1) is 16.0. The Morgan fingerprint density at radius 2 is 1.92 bits per heavy atom. The lowest BCUT2D eigenvalue weighted by atomic mass is 10.0. The van der Waals surface area contributed by atoms with Crippen molar-refractivity contribution in [1.82, 2.24) is 20.4 Å². The van der Waals surface area contributed by atoms with Crippen molar-refractivity contribution in [3.05, 3.63) is 35.7 Å². The molecule has 1 fully saturated rings. The molecule has 2 aliphatic heterocycles. The van der Waals surface area contributed by atoms with Crippen LogP contribution in [0.4, 0.5) is 0 Å². The quantitative estimate of drug-likeness (QED) is 0.774. The zero-order valence-corrected chi connectivity index (χ0v) is 13.7. The predicted molar refractivity (Wildman–Crippen MR) is 87.2 cm³/mol. The lowest BCUT2D eigenvalue weighted by Gasteiger charge is -2.27. The van der Waals surface area contributed by atoms with E-state index in [9.17, 15) is 19.2 Å². The van der Waals surface area contributed by atoms with Gasteiger partial charge in [0.2, 0.25) is 11.8 Å². The molecule has 4 amide bonds. The van der Waals surface area contributed by atoms with Gasteiger partial charge in [-0.05, 0) is 18.6 Å². The van der Waals surface area contributed by atoms with Gasteiger partial charge in [-0.2, -0.15) is 5.10 Å². The van der Waals surface area contributed by atoms with Gasteiger partial charge in [0.15, 0.2) is 0 Å². The molecule has 4 rings (SSSR count). The summed E-state index contributed by atoms with van der Waals surface area (Å²) in [4.78, 5) is 50.1. The van der Waals surface area contributed by atoms with Crippen molar-refractivity contribution in [2.75, 3.05) is 7.11 Å². The summed E-state index contributed by atoms with van der Waals surface area (Å²) >= 11 is 0. The Hall–Kier alpha value is -3.49. The van der Waals surface area contributed by atoms with Crippen LogP contribution in [0.2, 0.25) is 0 Å². The van der Waals surface area contributed by atoms with E-state index in [4.69, 9.17) is 4.74 Å². The Labute approximate surface area is 147 Å². The fourth-order valence-corrected chi connectivity index (χ4v) is 3.36. The lowest BCUT2D eigenvalue weighted by Crippen LogP contribution is -2.54. The van der Waals surface area contributed by atoms with E-state index in [2.05, 4.69) is 15.5 Å². The second-order valence-corrected chi connectivity index (χ2v) is 6.00. The molecule has 2 N–H and O–H groups in total. The molecule has 0 bridgehead atoms. The number of nitrogens with one attached hydrogen (secondary N) is 2. The standard InChI is InChI=1S/C17H14N4O5/c1-26-14-9(8-6-18-19-7-8)2-3-10-13(14)17(25)21(16(10)24)11-4-5-12(22)20-15(11)23/h2-3,6-7,11H,4-5H2,1H3,(H,18,19)(H,20,22,23). The number of methoxy groups -OCH3 is 1. The molecule has 2 aromatic rings. The fraction of sp³-hybridized carbons (Fsp3) is 0.235. The monoisotopic (exact) mass is 354 g/mol. The summed E-state index contributed by atoms with van der Waals surface area (Å²) < 4.78 is 5.41. The smallest absolute Gasteiger partial charge is 0.266 e. The lowest BCUT2D eigenvalue weighted by molar-refractivity contribution is -0.136. The highest BCUT2D eigenvalue weighted by atomic mass is 16.5.